The molecule has 0 bridgehead atoms. The molecule has 2 amide bonds. The van der Waals surface area contributed by atoms with E-state index >= 15 is 0 Å². The number of nitrogens with one attached hydrogen (secondary N) is 1. The van der Waals surface area contributed by atoms with Crippen molar-refractivity contribution in [1.29, 1.82) is 0 Å². The van der Waals surface area contributed by atoms with Crippen LogP contribution in [0.5, 0.6) is 0 Å². The molecule has 1 aromatic carbocycles. The van der Waals surface area contributed by atoms with Crippen LogP contribution >= 0.6 is 23.1 Å². The van der Waals surface area contributed by atoms with E-state index in [1.165, 1.54) is 18.4 Å². The number of nitrogens with zero attached hydrogens (tertiary/aromatic N) is 1. The Balaban J connectivity index is 1.59. The van der Waals surface area contributed by atoms with E-state index in [1.54, 1.807) is 0 Å². The lowest BCUT2D eigenvalue weighted by molar-refractivity contribution is -0.115. The number of thioether (sulfide) groups is 1. The van der Waals surface area contributed by atoms with Gasteiger partial charge in [-0.25, -0.2) is 4.79 Å². The summed E-state index contributed by atoms with van der Waals surface area (Å²) in [5, 5.41) is 2.75. The smallest absolute Gasteiger partial charge is 0.341 e. The van der Waals surface area contributed by atoms with Gasteiger partial charge in [-0.15, -0.1) is 11.3 Å². The van der Waals surface area contributed by atoms with Crippen LogP contribution in [0.25, 0.3) is 0 Å². The fourth-order valence-corrected chi connectivity index (χ4v) is 6.33. The minimum absolute atomic E-state index is 0.0646. The lowest BCUT2D eigenvalue weighted by atomic mass is 9.95. The first-order valence-electron chi connectivity index (χ1n) is 10.5. The molecule has 0 spiro atoms. The fraction of sp³-hybridized carbons (Fsp3) is 0.304. The molecule has 0 unspecified atom stereocenters. The van der Waals surface area contributed by atoms with Crippen LogP contribution in [0.15, 0.2) is 46.6 Å². The third kappa shape index (κ3) is 4.67. The number of hydrogen-bond acceptors (Lipinski definition) is 8. The van der Waals surface area contributed by atoms with Gasteiger partial charge in [-0.1, -0.05) is 42.1 Å². The van der Waals surface area contributed by atoms with Gasteiger partial charge in [-0.3, -0.25) is 14.6 Å². The highest BCUT2D eigenvalue weighted by molar-refractivity contribution is 8.16. The van der Waals surface area contributed by atoms with Crippen molar-refractivity contribution >= 4 is 50.9 Å². The number of carbonyl (C=O) groups excluding carboxylic acids is 3. The quantitative estimate of drug-likeness (QED) is 0.539. The topological polar surface area (TPSA) is 137 Å². The summed E-state index contributed by atoms with van der Waals surface area (Å²) in [5.41, 5.74) is 14.2. The number of amides is 2. The van der Waals surface area contributed by atoms with Crippen LogP contribution in [0.1, 0.15) is 39.2 Å². The van der Waals surface area contributed by atoms with Gasteiger partial charge in [0.1, 0.15) is 15.3 Å². The first kappa shape index (κ1) is 23.1. The second-order valence-corrected chi connectivity index (χ2v) is 9.89. The van der Waals surface area contributed by atoms with Crippen molar-refractivity contribution in [1.82, 2.24) is 0 Å². The number of esters is 1. The summed E-state index contributed by atoms with van der Waals surface area (Å²) >= 11 is 2.47. The highest BCUT2D eigenvalue weighted by atomic mass is 32.2. The number of fused-ring (bicyclic) bond motifs is 1. The number of primary amides is 1. The number of thiophene rings is 1. The summed E-state index contributed by atoms with van der Waals surface area (Å²) in [5.74, 6) is -1.65. The first-order valence-corrected chi connectivity index (χ1v) is 12.2. The molecule has 172 valence electrons. The molecule has 5 N–H and O–H groups in total. The van der Waals surface area contributed by atoms with Crippen molar-refractivity contribution < 1.29 is 19.1 Å². The summed E-state index contributed by atoms with van der Waals surface area (Å²) in [6.45, 7) is 0.325. The number of methoxy groups -OCH3 is 1. The van der Waals surface area contributed by atoms with Crippen molar-refractivity contribution in [2.24, 2.45) is 16.5 Å². The van der Waals surface area contributed by atoms with Crippen LogP contribution in [-0.4, -0.2) is 35.2 Å². The summed E-state index contributed by atoms with van der Waals surface area (Å²) in [6.07, 6.45) is 3.66. The highest BCUT2D eigenvalue weighted by Crippen LogP contribution is 2.40. The Kier molecular flexibility index (Phi) is 6.85. The molecular weight excluding hydrogens is 460 g/mol. The molecule has 1 atom stereocenters. The molecule has 33 heavy (non-hydrogen) atoms. The minimum Gasteiger partial charge on any atom is -0.465 e. The van der Waals surface area contributed by atoms with Crippen LogP contribution in [0.4, 0.5) is 5.00 Å². The zero-order valence-corrected chi connectivity index (χ0v) is 19.7. The van der Waals surface area contributed by atoms with Gasteiger partial charge in [0.2, 0.25) is 5.91 Å². The van der Waals surface area contributed by atoms with Crippen LogP contribution in [0.2, 0.25) is 0 Å². The number of aryl methyl sites for hydroxylation is 1. The van der Waals surface area contributed by atoms with Gasteiger partial charge in [0, 0.05) is 10.6 Å². The van der Waals surface area contributed by atoms with E-state index in [2.05, 4.69) is 10.3 Å². The average molecular weight is 485 g/mol. The summed E-state index contributed by atoms with van der Waals surface area (Å²) in [4.78, 5) is 43.3. The van der Waals surface area contributed by atoms with Crippen molar-refractivity contribution in [3.63, 3.8) is 0 Å². The standard InChI is InChI=1S/C23H24N4O4S2/c1-31-23(30)15-13-9-5-6-10-14(13)32-22(15)27-20(29)18-17(24)16(19(25)28)21(33-18)26-11-12-7-3-2-4-8-12/h2-4,7-8,18H,5-6,9-11,24H2,1H3,(H2,25,28)(H,27,29)/t18-/m1/s1. The maximum Gasteiger partial charge on any atom is 0.341 e. The number of ether oxygens (including phenoxy) is 1. The van der Waals surface area contributed by atoms with Gasteiger partial charge in [-0.05, 0) is 36.8 Å². The molecule has 4 rings (SSSR count). The molecule has 2 heterocycles. The highest BCUT2D eigenvalue weighted by Gasteiger charge is 2.38. The SMILES string of the molecule is COC(=O)c1c(NC(=O)[C@@H]2SC(=NCc3ccccc3)C(C(N)=O)=C2N)sc2c1CCCC2. The third-order valence-electron chi connectivity index (χ3n) is 5.54. The van der Waals surface area contributed by atoms with Gasteiger partial charge in [0.15, 0.2) is 0 Å². The van der Waals surface area contributed by atoms with Crippen LogP contribution < -0.4 is 16.8 Å². The largest absolute Gasteiger partial charge is 0.465 e. The molecule has 0 radical (unpaired) electrons. The Morgan fingerprint density at radius 2 is 1.91 bits per heavy atom. The summed E-state index contributed by atoms with van der Waals surface area (Å²) in [7, 11) is 1.32. The second-order valence-electron chi connectivity index (χ2n) is 7.70. The Hall–Kier alpha value is -3.11. The summed E-state index contributed by atoms with van der Waals surface area (Å²) in [6, 6.07) is 9.52. The van der Waals surface area contributed by atoms with Crippen molar-refractivity contribution in [2.75, 3.05) is 12.4 Å². The Labute approximate surface area is 199 Å². The van der Waals surface area contributed by atoms with E-state index in [-0.39, 0.29) is 11.3 Å². The predicted molar refractivity (Wildman–Crippen MR) is 130 cm³/mol. The molecule has 1 aliphatic carbocycles. The zero-order chi connectivity index (χ0) is 23.5. The molecule has 0 saturated heterocycles. The van der Waals surface area contributed by atoms with E-state index in [4.69, 9.17) is 16.2 Å². The molecule has 1 aromatic heterocycles. The van der Waals surface area contributed by atoms with Crippen molar-refractivity contribution in [3.8, 4) is 0 Å². The lowest BCUT2D eigenvalue weighted by Crippen LogP contribution is -2.30. The number of carbonyl (C=O) groups is 3. The van der Waals surface area contributed by atoms with Crippen LogP contribution in [0.3, 0.4) is 0 Å². The molecular formula is C23H24N4O4S2. The maximum absolute atomic E-state index is 13.2. The predicted octanol–water partition coefficient (Wildman–Crippen LogP) is 2.76. The normalized spacial score (nSPS) is 18.8. The summed E-state index contributed by atoms with van der Waals surface area (Å²) < 4.78 is 4.97. The number of nitrogens with two attached hydrogens (primary N) is 2. The number of hydrogen-bond donors (Lipinski definition) is 3. The Morgan fingerprint density at radius 3 is 2.61 bits per heavy atom. The van der Waals surface area contributed by atoms with Gasteiger partial charge in [-0.2, -0.15) is 0 Å². The monoisotopic (exact) mass is 484 g/mol. The van der Waals surface area contributed by atoms with Gasteiger partial charge < -0.3 is 21.5 Å². The zero-order valence-electron chi connectivity index (χ0n) is 18.1. The van der Waals surface area contributed by atoms with Crippen LogP contribution in [0, 0.1) is 0 Å². The van der Waals surface area contributed by atoms with Gasteiger partial charge >= 0.3 is 5.97 Å². The van der Waals surface area contributed by atoms with E-state index in [0.717, 1.165) is 53.4 Å². The second kappa shape index (κ2) is 9.80. The average Bonchev–Trinajstić information content (AvgIpc) is 3.34. The van der Waals surface area contributed by atoms with Crippen LogP contribution in [-0.2, 0) is 33.7 Å². The molecule has 8 nitrogen and oxygen atoms in total. The Bertz CT molecular complexity index is 1170. The number of benzene rings is 1. The van der Waals surface area contributed by atoms with Crippen molar-refractivity contribution in [2.45, 2.75) is 37.5 Å². The van der Waals surface area contributed by atoms with Gasteiger partial charge in [0.25, 0.3) is 5.91 Å². The van der Waals surface area contributed by atoms with Gasteiger partial charge in [0.05, 0.1) is 24.8 Å². The van der Waals surface area contributed by atoms with E-state index in [0.29, 0.717) is 22.2 Å². The molecule has 2 aromatic rings. The molecule has 1 aliphatic heterocycles. The van der Waals surface area contributed by atoms with E-state index < -0.39 is 23.0 Å². The number of anilines is 1. The first-order chi connectivity index (χ1) is 15.9. The van der Waals surface area contributed by atoms with E-state index in [9.17, 15) is 14.4 Å². The lowest BCUT2D eigenvalue weighted by Gasteiger charge is -2.13. The molecule has 2 aliphatic rings. The Morgan fingerprint density at radius 1 is 1.18 bits per heavy atom. The van der Waals surface area contributed by atoms with Crippen molar-refractivity contribution in [3.05, 3.63) is 63.2 Å². The third-order valence-corrected chi connectivity index (χ3v) is 8.01. The fourth-order valence-electron chi connectivity index (χ4n) is 3.94. The number of rotatable bonds is 6. The minimum atomic E-state index is -0.883. The molecule has 10 heteroatoms. The molecule has 0 fully saturated rings. The maximum atomic E-state index is 13.2. The van der Waals surface area contributed by atoms with E-state index in [1.807, 2.05) is 30.3 Å². The molecule has 0 saturated carbocycles. The number of aliphatic imine (C=N–C) groups is 1.